The van der Waals surface area contributed by atoms with Gasteiger partial charge in [-0.2, -0.15) is 26.3 Å². The molecule has 0 radical (unpaired) electrons. The Morgan fingerprint density at radius 3 is 2.18 bits per heavy atom. The number of piperazine rings is 1. The highest BCUT2D eigenvalue weighted by Crippen LogP contribution is 2.37. The van der Waals surface area contributed by atoms with Crippen molar-refractivity contribution in [3.05, 3.63) is 70.9 Å². The molecule has 1 unspecified atom stereocenters. The van der Waals surface area contributed by atoms with Crippen molar-refractivity contribution in [2.45, 2.75) is 24.8 Å². The highest BCUT2D eigenvalue weighted by Gasteiger charge is 2.39. The van der Waals surface area contributed by atoms with Gasteiger partial charge in [0.25, 0.3) is 5.91 Å². The Bertz CT molecular complexity index is 1310. The molecule has 6 nitrogen and oxygen atoms in total. The molecular weight excluding hydrogens is 550 g/mol. The summed E-state index contributed by atoms with van der Waals surface area (Å²) in [4.78, 5) is 33.5. The van der Waals surface area contributed by atoms with E-state index in [1.54, 1.807) is 20.3 Å². The summed E-state index contributed by atoms with van der Waals surface area (Å²) in [6.07, 6.45) is -8.08. The number of fused-ring (bicyclic) bond motifs is 1. The molecule has 1 N–H and O–H groups in total. The Morgan fingerprint density at radius 1 is 0.974 bits per heavy atom. The topological polar surface area (TPSA) is 59.7 Å². The molecule has 3 aromatic rings. The van der Waals surface area contributed by atoms with Crippen molar-refractivity contribution in [1.82, 2.24) is 19.7 Å². The van der Waals surface area contributed by atoms with Crippen molar-refractivity contribution < 1.29 is 35.9 Å². The molecule has 2 heterocycles. The van der Waals surface area contributed by atoms with Crippen molar-refractivity contribution >= 4 is 35.1 Å². The summed E-state index contributed by atoms with van der Waals surface area (Å²) < 4.78 is 80.5. The van der Waals surface area contributed by atoms with Gasteiger partial charge in [-0.1, -0.05) is 18.2 Å². The Morgan fingerprint density at radius 2 is 1.59 bits per heavy atom. The Labute approximate surface area is 227 Å². The lowest BCUT2D eigenvalue weighted by Crippen LogP contribution is -2.57. The summed E-state index contributed by atoms with van der Waals surface area (Å²) in [6.45, 7) is 0.558. The van der Waals surface area contributed by atoms with Crippen molar-refractivity contribution in [2.75, 3.05) is 40.3 Å². The first-order valence-corrected chi connectivity index (χ1v) is 11.8. The molecule has 0 saturated carbocycles. The molecule has 0 bridgehead atoms. The number of carbonyl (C=O) groups is 2. The summed E-state index contributed by atoms with van der Waals surface area (Å²) in [5.74, 6) is -1.09. The smallest absolute Gasteiger partial charge is 0.361 e. The van der Waals surface area contributed by atoms with E-state index in [0.717, 1.165) is 16.5 Å². The minimum atomic E-state index is -5.06. The molecule has 13 heteroatoms. The molecule has 1 aromatic heterocycles. The number of nitrogens with zero attached hydrogens (tertiary/aromatic N) is 3. The van der Waals surface area contributed by atoms with Crippen molar-refractivity contribution in [2.24, 2.45) is 0 Å². The van der Waals surface area contributed by atoms with Gasteiger partial charge in [-0.3, -0.25) is 14.5 Å². The maximum atomic E-state index is 13.5. The van der Waals surface area contributed by atoms with Crippen LogP contribution in [-0.2, 0) is 23.6 Å². The number of amides is 2. The van der Waals surface area contributed by atoms with Gasteiger partial charge in [0, 0.05) is 62.4 Å². The number of para-hydroxylation sites is 1. The molecule has 1 aliphatic rings. The third-order valence-electron chi connectivity index (χ3n) is 6.65. The fourth-order valence-corrected chi connectivity index (χ4v) is 4.64. The molecule has 1 aliphatic heterocycles. The zero-order valence-corrected chi connectivity index (χ0v) is 21.9. The predicted octanol–water partition coefficient (Wildman–Crippen LogP) is 5.08. The van der Waals surface area contributed by atoms with Crippen molar-refractivity contribution in [3.8, 4) is 0 Å². The Balaban J connectivity index is 0.00000420. The van der Waals surface area contributed by atoms with E-state index in [9.17, 15) is 35.9 Å². The molecule has 0 aliphatic carbocycles. The Kier molecular flexibility index (Phi) is 8.91. The van der Waals surface area contributed by atoms with Gasteiger partial charge >= 0.3 is 12.4 Å². The van der Waals surface area contributed by atoms with Gasteiger partial charge in [-0.25, -0.2) is 0 Å². The van der Waals surface area contributed by atoms with Crippen LogP contribution >= 0.6 is 12.4 Å². The van der Waals surface area contributed by atoms with E-state index in [-0.39, 0.29) is 57.0 Å². The molecule has 1 fully saturated rings. The lowest BCUT2D eigenvalue weighted by Gasteiger charge is -2.41. The second-order valence-electron chi connectivity index (χ2n) is 9.53. The number of aromatic nitrogens is 1. The largest absolute Gasteiger partial charge is 0.416 e. The molecule has 212 valence electrons. The number of alkyl halides is 6. The first kappa shape index (κ1) is 30.3. The number of H-pyrrole nitrogens is 1. The normalized spacial score (nSPS) is 16.7. The maximum Gasteiger partial charge on any atom is 0.416 e. The molecule has 2 amide bonds. The number of halogens is 7. The van der Waals surface area contributed by atoms with Crippen LogP contribution in [0.2, 0.25) is 0 Å². The van der Waals surface area contributed by atoms with E-state index in [0.29, 0.717) is 12.1 Å². The van der Waals surface area contributed by atoms with Gasteiger partial charge < -0.3 is 14.8 Å². The number of aromatic amines is 1. The summed E-state index contributed by atoms with van der Waals surface area (Å²) in [7, 11) is 3.22. The average molecular weight is 577 g/mol. The molecule has 4 rings (SSSR count). The second kappa shape index (κ2) is 11.5. The van der Waals surface area contributed by atoms with E-state index < -0.39 is 41.0 Å². The van der Waals surface area contributed by atoms with Gasteiger partial charge in [-0.15, -0.1) is 12.4 Å². The molecule has 1 atom stereocenters. The number of carbonyl (C=O) groups excluding carboxylic acids is 2. The SMILES string of the molecule is CN(C)C(=O)CN1CCN(C(=O)c2cc(C(F)(F)F)cc(C(F)(F)F)c2)C(Cc2c[nH]c3ccccc23)C1.Cl. The van der Waals surface area contributed by atoms with Crippen molar-refractivity contribution in [3.63, 3.8) is 0 Å². The molecule has 39 heavy (non-hydrogen) atoms. The number of likely N-dealkylation sites (N-methyl/N-ethyl adjacent to an activating group) is 1. The zero-order valence-electron chi connectivity index (χ0n) is 21.1. The highest BCUT2D eigenvalue weighted by atomic mass is 35.5. The summed E-state index contributed by atoms with van der Waals surface area (Å²) in [6, 6.07) is 7.76. The fourth-order valence-electron chi connectivity index (χ4n) is 4.64. The van der Waals surface area contributed by atoms with Crippen LogP contribution in [-0.4, -0.2) is 77.8 Å². The lowest BCUT2D eigenvalue weighted by atomic mass is 9.98. The van der Waals surface area contributed by atoms with Crippen LogP contribution in [0, 0.1) is 0 Å². The quantitative estimate of drug-likeness (QED) is 0.431. The maximum absolute atomic E-state index is 13.5. The minimum Gasteiger partial charge on any atom is -0.361 e. The third kappa shape index (κ3) is 6.85. The fraction of sp³-hybridized carbons (Fsp3) is 0.385. The first-order valence-electron chi connectivity index (χ1n) is 11.8. The summed E-state index contributed by atoms with van der Waals surface area (Å²) in [5, 5.41) is 0.889. The van der Waals surface area contributed by atoms with Gasteiger partial charge in [-0.05, 0) is 36.2 Å². The van der Waals surface area contributed by atoms with E-state index in [2.05, 4.69) is 4.98 Å². The number of nitrogens with one attached hydrogen (secondary N) is 1. The van der Waals surface area contributed by atoms with Crippen molar-refractivity contribution in [1.29, 1.82) is 0 Å². The van der Waals surface area contributed by atoms with E-state index in [1.165, 1.54) is 9.80 Å². The van der Waals surface area contributed by atoms with Crippen LogP contribution in [0.4, 0.5) is 26.3 Å². The average Bonchev–Trinajstić information content (AvgIpc) is 3.25. The van der Waals surface area contributed by atoms with Gasteiger partial charge in [0.15, 0.2) is 0 Å². The third-order valence-corrected chi connectivity index (χ3v) is 6.65. The van der Waals surface area contributed by atoms with Crippen LogP contribution in [0.1, 0.15) is 27.0 Å². The number of rotatable bonds is 5. The second-order valence-corrected chi connectivity index (χ2v) is 9.53. The van der Waals surface area contributed by atoms with Crippen LogP contribution in [0.3, 0.4) is 0 Å². The van der Waals surface area contributed by atoms with Gasteiger partial charge in [0.2, 0.25) is 5.91 Å². The molecule has 1 saturated heterocycles. The van der Waals surface area contributed by atoms with Gasteiger partial charge in [0.1, 0.15) is 0 Å². The monoisotopic (exact) mass is 576 g/mol. The predicted molar refractivity (Wildman–Crippen MR) is 136 cm³/mol. The van der Waals surface area contributed by atoms with Crippen LogP contribution in [0.15, 0.2) is 48.7 Å². The lowest BCUT2D eigenvalue weighted by molar-refractivity contribution is -0.143. The summed E-state index contributed by atoms with van der Waals surface area (Å²) in [5.41, 5.74) is -2.08. The summed E-state index contributed by atoms with van der Waals surface area (Å²) >= 11 is 0. The zero-order chi connectivity index (χ0) is 27.8. The van der Waals surface area contributed by atoms with E-state index >= 15 is 0 Å². The first-order chi connectivity index (χ1) is 17.7. The number of benzene rings is 2. The minimum absolute atomic E-state index is 0. The Hall–Kier alpha value is -3.25. The number of hydrogen-bond donors (Lipinski definition) is 1. The van der Waals surface area contributed by atoms with Crippen LogP contribution < -0.4 is 0 Å². The standard InChI is InChI=1S/C26H26F6N4O2.ClH/c1-34(2)23(37)15-35-7-8-36(20(14-35)11-17-13-33-22-6-4-3-5-21(17)22)24(38)16-9-18(25(27,28)29)12-19(10-16)26(30,31)32;/h3-6,9-10,12-13,20,33H,7-8,11,14-15H2,1-2H3;1H. The number of hydrogen-bond acceptors (Lipinski definition) is 3. The molecule has 2 aromatic carbocycles. The van der Waals surface area contributed by atoms with E-state index in [1.807, 2.05) is 29.2 Å². The molecule has 0 spiro atoms. The van der Waals surface area contributed by atoms with Gasteiger partial charge in [0.05, 0.1) is 17.7 Å². The van der Waals surface area contributed by atoms with Crippen LogP contribution in [0.25, 0.3) is 10.9 Å². The highest BCUT2D eigenvalue weighted by molar-refractivity contribution is 5.95. The van der Waals surface area contributed by atoms with Crippen LogP contribution in [0.5, 0.6) is 0 Å². The van der Waals surface area contributed by atoms with E-state index in [4.69, 9.17) is 0 Å². The molecular formula is C26H27ClF6N4O2.